The van der Waals surface area contributed by atoms with Crippen LogP contribution in [0.3, 0.4) is 0 Å². The molecule has 0 bridgehead atoms. The van der Waals surface area contributed by atoms with Gasteiger partial charge in [0, 0.05) is 47.6 Å². The highest BCUT2D eigenvalue weighted by Gasteiger charge is 2.18. The minimum atomic E-state index is -0.683. The van der Waals surface area contributed by atoms with Gasteiger partial charge in [-0.3, -0.25) is 0 Å². The van der Waals surface area contributed by atoms with Crippen LogP contribution in [0.1, 0.15) is 5.56 Å². The largest absolute Gasteiger partial charge is 0.480 e. The lowest BCUT2D eigenvalue weighted by Gasteiger charge is -2.29. The summed E-state index contributed by atoms with van der Waals surface area (Å²) >= 11 is 0.974. The lowest BCUT2D eigenvalue weighted by Crippen LogP contribution is -2.36. The number of hydrogen-bond donors (Lipinski definition) is 2. The Morgan fingerprint density at radius 1 is 1.00 bits per heavy atom. The molecule has 3 aromatic carbocycles. The van der Waals surface area contributed by atoms with E-state index in [1.807, 2.05) is 48.5 Å². The van der Waals surface area contributed by atoms with Crippen LogP contribution in [0.5, 0.6) is 5.88 Å². The number of nitrogens with two attached hydrogens (primary N) is 1. The quantitative estimate of drug-likeness (QED) is 0.199. The average molecular weight is 597 g/mol. The monoisotopic (exact) mass is 596 g/mol. The van der Waals surface area contributed by atoms with Gasteiger partial charge in [-0.05, 0) is 65.5 Å². The molecule has 1 aliphatic rings. The van der Waals surface area contributed by atoms with Gasteiger partial charge >= 0.3 is 0 Å². The second kappa shape index (κ2) is 12.1. The van der Waals surface area contributed by atoms with E-state index in [1.165, 1.54) is 19.2 Å². The topological polar surface area (TPSA) is 109 Å². The molecule has 0 amide bonds. The third kappa shape index (κ3) is 5.75. The van der Waals surface area contributed by atoms with Crippen molar-refractivity contribution in [3.05, 3.63) is 90.1 Å². The Hall–Kier alpha value is -4.92. The lowest BCUT2D eigenvalue weighted by atomic mass is 9.95. The summed E-state index contributed by atoms with van der Waals surface area (Å²) in [5, 5.41) is 10.9. The lowest BCUT2D eigenvalue weighted by molar-refractivity contribution is 0.122. The molecule has 1 saturated heterocycles. The zero-order valence-corrected chi connectivity index (χ0v) is 23.9. The van der Waals surface area contributed by atoms with Crippen LogP contribution in [0.4, 0.5) is 26.0 Å². The second-order valence-electron chi connectivity index (χ2n) is 9.80. The van der Waals surface area contributed by atoms with Gasteiger partial charge in [-0.15, -0.1) is 0 Å². The van der Waals surface area contributed by atoms with E-state index in [-0.39, 0.29) is 10.7 Å². The van der Waals surface area contributed by atoms with Crippen LogP contribution in [-0.4, -0.2) is 43.4 Å². The number of ether oxygens (including phenoxy) is 2. The van der Waals surface area contributed by atoms with Crippen molar-refractivity contribution >= 4 is 40.0 Å². The standard InChI is InChI=1S/C32H26F2N6O2S/c1-41-32-28(39-43-29-9-5-22(33)16-26(29)34)15-21(18-37-32)20-4-8-27-24(14-20)25(17-35)30(31(36)38-27)19-2-6-23(7-3-19)40-10-12-42-13-11-40/h2-9,14-16,18,39H,10-13H2,1H3,(H2,36,38). The van der Waals surface area contributed by atoms with Gasteiger partial charge in [0.05, 0.1) is 36.3 Å². The van der Waals surface area contributed by atoms with E-state index in [4.69, 9.17) is 15.2 Å². The van der Waals surface area contributed by atoms with E-state index in [2.05, 4.69) is 25.7 Å². The number of nitriles is 1. The molecule has 0 saturated carbocycles. The third-order valence-corrected chi connectivity index (χ3v) is 8.07. The summed E-state index contributed by atoms with van der Waals surface area (Å²) in [5.74, 6) is -0.758. The van der Waals surface area contributed by atoms with Crippen LogP contribution in [0.15, 0.2) is 77.8 Å². The first-order chi connectivity index (χ1) is 20.9. The van der Waals surface area contributed by atoms with Gasteiger partial charge in [0.1, 0.15) is 29.2 Å². The fraction of sp³-hybridized carbons (Fsp3) is 0.156. The zero-order valence-electron chi connectivity index (χ0n) is 23.1. The summed E-state index contributed by atoms with van der Waals surface area (Å²) in [7, 11) is 1.48. The molecule has 216 valence electrons. The van der Waals surface area contributed by atoms with Gasteiger partial charge in [0.25, 0.3) is 0 Å². The van der Waals surface area contributed by atoms with Gasteiger partial charge < -0.3 is 24.8 Å². The van der Waals surface area contributed by atoms with Crippen LogP contribution >= 0.6 is 11.9 Å². The normalized spacial score (nSPS) is 13.1. The maximum Gasteiger partial charge on any atom is 0.237 e. The maximum absolute atomic E-state index is 14.2. The number of rotatable bonds is 7. The predicted octanol–water partition coefficient (Wildman–Crippen LogP) is 6.66. The molecule has 8 nitrogen and oxygen atoms in total. The minimum Gasteiger partial charge on any atom is -0.480 e. The Morgan fingerprint density at radius 3 is 2.49 bits per heavy atom. The van der Waals surface area contributed by atoms with Gasteiger partial charge in [0.15, 0.2) is 0 Å². The molecule has 0 atom stereocenters. The Kier molecular flexibility index (Phi) is 7.96. The molecule has 6 rings (SSSR count). The fourth-order valence-electron chi connectivity index (χ4n) is 5.04. The molecule has 2 aromatic heterocycles. The third-order valence-electron chi connectivity index (χ3n) is 7.20. The number of morpholine rings is 1. The van der Waals surface area contributed by atoms with Crippen molar-refractivity contribution in [3.8, 4) is 34.2 Å². The highest BCUT2D eigenvalue weighted by Crippen LogP contribution is 2.37. The van der Waals surface area contributed by atoms with Crippen LogP contribution in [-0.2, 0) is 4.74 Å². The first kappa shape index (κ1) is 28.2. The number of nitrogens with one attached hydrogen (secondary N) is 1. The van der Waals surface area contributed by atoms with Crippen LogP contribution in [0.2, 0.25) is 0 Å². The first-order valence-electron chi connectivity index (χ1n) is 13.4. The van der Waals surface area contributed by atoms with E-state index < -0.39 is 11.6 Å². The van der Waals surface area contributed by atoms with Gasteiger partial charge in [0.2, 0.25) is 5.88 Å². The number of hydrogen-bond acceptors (Lipinski definition) is 9. The SMILES string of the molecule is COc1ncc(-c2ccc3nc(N)c(-c4ccc(N5CCOCC5)cc4)c(C#N)c3c2)cc1NSc1ccc(F)cc1F. The maximum atomic E-state index is 14.2. The number of benzene rings is 3. The molecule has 43 heavy (non-hydrogen) atoms. The van der Waals surface area contributed by atoms with Crippen molar-refractivity contribution < 1.29 is 18.3 Å². The van der Waals surface area contributed by atoms with Gasteiger partial charge in [-0.2, -0.15) is 5.26 Å². The number of aromatic nitrogens is 2. The number of anilines is 3. The number of nitrogen functional groups attached to an aromatic ring is 1. The van der Waals surface area contributed by atoms with E-state index in [9.17, 15) is 14.0 Å². The summed E-state index contributed by atoms with van der Waals surface area (Å²) in [6.45, 7) is 3.03. The van der Waals surface area contributed by atoms with Crippen molar-refractivity contribution in [1.29, 1.82) is 5.26 Å². The summed E-state index contributed by atoms with van der Waals surface area (Å²) in [4.78, 5) is 11.5. The summed E-state index contributed by atoms with van der Waals surface area (Å²) < 4.78 is 41.4. The predicted molar refractivity (Wildman–Crippen MR) is 165 cm³/mol. The van der Waals surface area contributed by atoms with Crippen molar-refractivity contribution in [2.75, 3.05) is 48.8 Å². The Bertz CT molecular complexity index is 1860. The van der Waals surface area contributed by atoms with E-state index in [0.29, 0.717) is 46.8 Å². The average Bonchev–Trinajstić information content (AvgIpc) is 3.04. The summed E-state index contributed by atoms with van der Waals surface area (Å²) in [6.07, 6.45) is 1.65. The van der Waals surface area contributed by atoms with Gasteiger partial charge in [-0.25, -0.2) is 18.7 Å². The Labute approximate surface area is 251 Å². The fourth-order valence-corrected chi connectivity index (χ4v) is 5.70. The highest BCUT2D eigenvalue weighted by molar-refractivity contribution is 8.00. The minimum absolute atomic E-state index is 0.215. The zero-order chi connectivity index (χ0) is 29.9. The highest BCUT2D eigenvalue weighted by atomic mass is 32.2. The molecule has 0 spiro atoms. The molecule has 1 fully saturated rings. The number of nitrogens with zero attached hydrogens (tertiary/aromatic N) is 4. The van der Waals surface area contributed by atoms with Gasteiger partial charge in [-0.1, -0.05) is 18.2 Å². The Balaban J connectivity index is 1.35. The molecule has 11 heteroatoms. The Morgan fingerprint density at radius 2 is 1.77 bits per heavy atom. The first-order valence-corrected chi connectivity index (χ1v) is 14.3. The molecule has 3 heterocycles. The molecular weight excluding hydrogens is 570 g/mol. The molecule has 1 aliphatic heterocycles. The number of fused-ring (bicyclic) bond motifs is 1. The van der Waals surface area contributed by atoms with Crippen LogP contribution in [0.25, 0.3) is 33.2 Å². The molecule has 0 aliphatic carbocycles. The molecule has 3 N–H and O–H groups in total. The van der Waals surface area contributed by atoms with Crippen molar-refractivity contribution in [1.82, 2.24) is 9.97 Å². The molecule has 5 aromatic rings. The van der Waals surface area contributed by atoms with Crippen LogP contribution < -0.4 is 20.1 Å². The van der Waals surface area contributed by atoms with Crippen molar-refractivity contribution in [2.24, 2.45) is 0 Å². The summed E-state index contributed by atoms with van der Waals surface area (Å²) in [5.41, 5.74) is 11.9. The molecular formula is C32H26F2N6O2S. The smallest absolute Gasteiger partial charge is 0.237 e. The van der Waals surface area contributed by atoms with E-state index >= 15 is 0 Å². The number of methoxy groups -OCH3 is 1. The number of halogens is 2. The van der Waals surface area contributed by atoms with Crippen LogP contribution in [0, 0.1) is 23.0 Å². The number of pyridine rings is 2. The van der Waals surface area contributed by atoms with E-state index in [0.717, 1.165) is 53.5 Å². The second-order valence-corrected chi connectivity index (χ2v) is 10.6. The van der Waals surface area contributed by atoms with Crippen molar-refractivity contribution in [2.45, 2.75) is 4.90 Å². The van der Waals surface area contributed by atoms with E-state index in [1.54, 1.807) is 6.20 Å². The van der Waals surface area contributed by atoms with Crippen molar-refractivity contribution in [3.63, 3.8) is 0 Å². The molecule has 0 radical (unpaired) electrons. The molecule has 0 unspecified atom stereocenters. The summed E-state index contributed by atoms with van der Waals surface area (Å²) in [6, 6.07) is 21.1.